The van der Waals surface area contributed by atoms with Crippen LogP contribution in [0.15, 0.2) is 52.7 Å². The first-order chi connectivity index (χ1) is 16.2. The van der Waals surface area contributed by atoms with Crippen LogP contribution < -0.4 is 5.32 Å². The van der Waals surface area contributed by atoms with Gasteiger partial charge in [0.1, 0.15) is 11.3 Å². The van der Waals surface area contributed by atoms with Crippen molar-refractivity contribution in [1.82, 2.24) is 14.8 Å². The summed E-state index contributed by atoms with van der Waals surface area (Å²) in [6.07, 6.45) is 2.92. The van der Waals surface area contributed by atoms with Crippen LogP contribution in [0.4, 0.5) is 4.79 Å². The molecule has 4 rings (SSSR count). The summed E-state index contributed by atoms with van der Waals surface area (Å²) in [5.74, 6) is -1.46. The number of methoxy groups -OCH3 is 1. The summed E-state index contributed by atoms with van der Waals surface area (Å²) in [5, 5.41) is 2.21. The topological polar surface area (TPSA) is 111 Å². The molecule has 1 saturated heterocycles. The maximum absolute atomic E-state index is 13.0. The van der Waals surface area contributed by atoms with Gasteiger partial charge in [0.05, 0.1) is 25.5 Å². The van der Waals surface area contributed by atoms with Gasteiger partial charge < -0.3 is 13.7 Å². The number of carbonyl (C=O) groups excluding carboxylic acids is 4. The van der Waals surface area contributed by atoms with Crippen molar-refractivity contribution in [2.45, 2.75) is 27.3 Å². The molecule has 0 spiro atoms. The first kappa shape index (κ1) is 22.8. The third-order valence-electron chi connectivity index (χ3n) is 5.71. The summed E-state index contributed by atoms with van der Waals surface area (Å²) in [7, 11) is 1.33. The van der Waals surface area contributed by atoms with E-state index >= 15 is 0 Å². The molecule has 9 heteroatoms. The average Bonchev–Trinajstić information content (AvgIpc) is 3.41. The number of rotatable bonds is 5. The van der Waals surface area contributed by atoms with Gasteiger partial charge in [-0.25, -0.2) is 9.59 Å². The number of imide groups is 2. The number of benzene rings is 1. The minimum atomic E-state index is -0.796. The number of ether oxygens (including phenoxy) is 1. The number of hydrogen-bond donors (Lipinski definition) is 1. The van der Waals surface area contributed by atoms with E-state index in [0.29, 0.717) is 16.9 Å². The predicted molar refractivity (Wildman–Crippen MR) is 122 cm³/mol. The van der Waals surface area contributed by atoms with E-state index in [9.17, 15) is 19.2 Å². The Hall–Kier alpha value is -4.40. The third kappa shape index (κ3) is 4.03. The molecule has 3 heterocycles. The largest absolute Gasteiger partial charge is 0.467 e. The molecule has 174 valence electrons. The van der Waals surface area contributed by atoms with E-state index in [0.717, 1.165) is 27.5 Å². The van der Waals surface area contributed by atoms with Gasteiger partial charge in [-0.05, 0) is 74.4 Å². The van der Waals surface area contributed by atoms with Gasteiger partial charge in [0.25, 0.3) is 11.8 Å². The standard InChI is InChI=1S/C25H23N3O6/c1-14-10-17(24(31)33-4)7-8-21(14)28-15(2)11-18(16(28)3)12-20-22(29)26-25(32)27(23(20)30)13-19-6-5-9-34-19/h5-12H,13H2,1-4H3,(H,26,29,32)/b20-12+. The van der Waals surface area contributed by atoms with E-state index < -0.39 is 23.8 Å². The fourth-order valence-corrected chi connectivity index (χ4v) is 4.01. The second-order valence-electron chi connectivity index (χ2n) is 7.94. The zero-order valence-electron chi connectivity index (χ0n) is 19.2. The Morgan fingerprint density at radius 1 is 1.12 bits per heavy atom. The van der Waals surface area contributed by atoms with E-state index in [4.69, 9.17) is 9.15 Å². The summed E-state index contributed by atoms with van der Waals surface area (Å²) >= 11 is 0. The molecule has 0 bridgehead atoms. The number of hydrogen-bond acceptors (Lipinski definition) is 6. The maximum Gasteiger partial charge on any atom is 0.337 e. The molecule has 2 aromatic heterocycles. The van der Waals surface area contributed by atoms with E-state index in [2.05, 4.69) is 5.32 Å². The summed E-state index contributed by atoms with van der Waals surface area (Å²) < 4.78 is 12.0. The summed E-state index contributed by atoms with van der Waals surface area (Å²) in [6, 6.07) is 9.59. The highest BCUT2D eigenvalue weighted by atomic mass is 16.5. The van der Waals surface area contributed by atoms with Crippen LogP contribution in [0.2, 0.25) is 0 Å². The molecular formula is C25H23N3O6. The summed E-state index contributed by atoms with van der Waals surface area (Å²) in [4.78, 5) is 50.5. The van der Waals surface area contributed by atoms with Crippen molar-refractivity contribution in [3.05, 3.63) is 82.1 Å². The summed E-state index contributed by atoms with van der Waals surface area (Å²) in [6.45, 7) is 5.56. The zero-order valence-corrected chi connectivity index (χ0v) is 19.2. The van der Waals surface area contributed by atoms with Crippen LogP contribution in [0, 0.1) is 20.8 Å². The number of nitrogens with zero attached hydrogens (tertiary/aromatic N) is 2. The number of aromatic nitrogens is 1. The predicted octanol–water partition coefficient (Wildman–Crippen LogP) is 3.44. The fourth-order valence-electron chi connectivity index (χ4n) is 4.01. The molecule has 1 fully saturated rings. The molecular weight excluding hydrogens is 438 g/mol. The van der Waals surface area contributed by atoms with Gasteiger partial charge in [-0.3, -0.25) is 19.8 Å². The lowest BCUT2D eigenvalue weighted by Crippen LogP contribution is -2.53. The molecule has 0 unspecified atom stereocenters. The monoisotopic (exact) mass is 461 g/mol. The fraction of sp³-hybridized carbons (Fsp3) is 0.200. The molecule has 4 amide bonds. The van der Waals surface area contributed by atoms with Gasteiger partial charge >= 0.3 is 12.0 Å². The number of aryl methyl sites for hydroxylation is 2. The number of esters is 1. The average molecular weight is 461 g/mol. The Bertz CT molecular complexity index is 1350. The number of amides is 4. The van der Waals surface area contributed by atoms with E-state index in [1.54, 1.807) is 24.3 Å². The van der Waals surface area contributed by atoms with Crippen LogP contribution in [0.5, 0.6) is 0 Å². The van der Waals surface area contributed by atoms with Gasteiger partial charge in [0.15, 0.2) is 0 Å². The number of barbiturate groups is 1. The van der Waals surface area contributed by atoms with E-state index in [-0.39, 0.29) is 12.1 Å². The minimum Gasteiger partial charge on any atom is -0.467 e. The Balaban J connectivity index is 1.71. The van der Waals surface area contributed by atoms with Crippen molar-refractivity contribution in [2.75, 3.05) is 7.11 Å². The summed E-state index contributed by atoms with van der Waals surface area (Å²) in [5.41, 5.74) is 4.30. The second-order valence-corrected chi connectivity index (χ2v) is 7.94. The number of furan rings is 1. The molecule has 3 aromatic rings. The van der Waals surface area contributed by atoms with Crippen molar-refractivity contribution < 1.29 is 28.3 Å². The molecule has 1 aliphatic heterocycles. The van der Waals surface area contributed by atoms with Crippen molar-refractivity contribution in [2.24, 2.45) is 0 Å². The Kier molecular flexibility index (Phi) is 5.93. The first-order valence-electron chi connectivity index (χ1n) is 10.5. The molecule has 1 aliphatic rings. The molecule has 34 heavy (non-hydrogen) atoms. The maximum atomic E-state index is 13.0. The smallest absolute Gasteiger partial charge is 0.337 e. The van der Waals surface area contributed by atoms with Crippen LogP contribution in [0.3, 0.4) is 0 Å². The SMILES string of the molecule is COC(=O)c1ccc(-n2c(C)cc(/C=C3\C(=O)NC(=O)N(Cc4ccco4)C3=O)c2C)c(C)c1. The van der Waals surface area contributed by atoms with E-state index in [1.807, 2.05) is 37.5 Å². The zero-order chi connectivity index (χ0) is 24.6. The Labute approximate surface area is 195 Å². The Morgan fingerprint density at radius 2 is 1.88 bits per heavy atom. The highest BCUT2D eigenvalue weighted by molar-refractivity contribution is 6.31. The molecule has 0 radical (unpaired) electrons. The second kappa shape index (κ2) is 8.86. The van der Waals surface area contributed by atoms with Gasteiger partial charge in [0.2, 0.25) is 0 Å². The number of carbonyl (C=O) groups is 4. The molecule has 0 saturated carbocycles. The molecule has 1 N–H and O–H groups in total. The van der Waals surface area contributed by atoms with Gasteiger partial charge in [0, 0.05) is 17.1 Å². The number of urea groups is 1. The quantitative estimate of drug-likeness (QED) is 0.354. The van der Waals surface area contributed by atoms with Crippen LogP contribution >= 0.6 is 0 Å². The van der Waals surface area contributed by atoms with Gasteiger partial charge in [-0.15, -0.1) is 0 Å². The van der Waals surface area contributed by atoms with Gasteiger partial charge in [-0.1, -0.05) is 0 Å². The normalized spacial score (nSPS) is 15.1. The van der Waals surface area contributed by atoms with Gasteiger partial charge in [-0.2, -0.15) is 0 Å². The van der Waals surface area contributed by atoms with Crippen LogP contribution in [0.25, 0.3) is 11.8 Å². The van der Waals surface area contributed by atoms with Crippen molar-refractivity contribution in [3.8, 4) is 5.69 Å². The first-order valence-corrected chi connectivity index (χ1v) is 10.5. The lowest BCUT2D eigenvalue weighted by Gasteiger charge is -2.25. The third-order valence-corrected chi connectivity index (χ3v) is 5.71. The van der Waals surface area contributed by atoms with Crippen molar-refractivity contribution >= 4 is 29.9 Å². The van der Waals surface area contributed by atoms with E-state index in [1.165, 1.54) is 19.4 Å². The van der Waals surface area contributed by atoms with Crippen LogP contribution in [-0.2, 0) is 20.9 Å². The lowest BCUT2D eigenvalue weighted by atomic mass is 10.1. The Morgan fingerprint density at radius 3 is 2.53 bits per heavy atom. The molecule has 0 aliphatic carbocycles. The van der Waals surface area contributed by atoms with Crippen LogP contribution in [-0.4, -0.2) is 40.4 Å². The molecule has 1 aromatic carbocycles. The minimum absolute atomic E-state index is 0.0902. The highest BCUT2D eigenvalue weighted by Gasteiger charge is 2.36. The molecule has 0 atom stereocenters. The highest BCUT2D eigenvalue weighted by Crippen LogP contribution is 2.27. The number of nitrogens with one attached hydrogen (secondary N) is 1. The van der Waals surface area contributed by atoms with Crippen LogP contribution in [0.1, 0.15) is 38.6 Å². The van der Waals surface area contributed by atoms with Crippen molar-refractivity contribution in [3.63, 3.8) is 0 Å². The van der Waals surface area contributed by atoms with Crippen molar-refractivity contribution in [1.29, 1.82) is 0 Å². The molecule has 9 nitrogen and oxygen atoms in total. The lowest BCUT2D eigenvalue weighted by molar-refractivity contribution is -0.130.